The Labute approximate surface area is 103 Å². The number of rotatable bonds is 2. The van der Waals surface area contributed by atoms with Crippen LogP contribution in [-0.2, 0) is 0 Å². The lowest BCUT2D eigenvalue weighted by atomic mass is 10.2. The molecule has 1 aromatic rings. The number of aliphatic imine (C=N–C) groups is 1. The Balaban J connectivity index is 0. The maximum absolute atomic E-state index is 4.19. The van der Waals surface area contributed by atoms with Crippen LogP contribution in [0.15, 0.2) is 17.8 Å². The molecule has 1 rings (SSSR count). The Hall–Kier alpha value is -1.00. The summed E-state index contributed by atoms with van der Waals surface area (Å²) >= 11 is 1.51. The second-order valence-electron chi connectivity index (χ2n) is 2.70. The first-order valence-electron chi connectivity index (χ1n) is 5.32. The van der Waals surface area contributed by atoms with E-state index in [2.05, 4.69) is 21.3 Å². The number of nitrogens with zero attached hydrogens (tertiary/aromatic N) is 2. The Morgan fingerprint density at radius 3 is 2.12 bits per heavy atom. The summed E-state index contributed by atoms with van der Waals surface area (Å²) in [5.74, 6) is 0. The summed E-state index contributed by atoms with van der Waals surface area (Å²) in [6.07, 6.45) is 3.32. The van der Waals surface area contributed by atoms with Crippen molar-refractivity contribution in [3.05, 3.63) is 28.9 Å². The van der Waals surface area contributed by atoms with Crippen LogP contribution in [0.1, 0.15) is 30.0 Å². The van der Waals surface area contributed by atoms with Crippen molar-refractivity contribution in [3.8, 4) is 0 Å². The molecule has 0 fully saturated rings. The number of aromatic nitrogens is 1. The highest BCUT2D eigenvalue weighted by molar-refractivity contribution is 7.06. The van der Waals surface area contributed by atoms with E-state index in [1.54, 1.807) is 6.21 Å². The lowest BCUT2D eigenvalue weighted by Gasteiger charge is -1.87. The fraction of sp³-hybridized carbons (Fsp3) is 0.500. The highest BCUT2D eigenvalue weighted by atomic mass is 32.1. The van der Waals surface area contributed by atoms with Gasteiger partial charge in [-0.15, -0.1) is 0 Å². The van der Waals surface area contributed by atoms with E-state index in [-0.39, 0.29) is 0 Å². The van der Waals surface area contributed by atoms with Crippen LogP contribution in [0.4, 0.5) is 0 Å². The summed E-state index contributed by atoms with van der Waals surface area (Å²) in [5, 5.41) is 2.75. The smallest absolute Gasteiger partial charge is 0.0601 e. The van der Waals surface area contributed by atoms with E-state index in [0.717, 1.165) is 11.3 Å². The topological polar surface area (TPSA) is 37.3 Å². The minimum atomic E-state index is 1.04. The van der Waals surface area contributed by atoms with Crippen LogP contribution in [-0.4, -0.2) is 24.7 Å². The molecule has 1 heterocycles. The van der Waals surface area contributed by atoms with E-state index in [9.17, 15) is 0 Å². The molecule has 4 heteroatoms. The summed E-state index contributed by atoms with van der Waals surface area (Å²) in [6.45, 7) is 11.5. The molecule has 0 spiro atoms. The van der Waals surface area contributed by atoms with E-state index in [0.29, 0.717) is 0 Å². The first kappa shape index (κ1) is 17.4. The van der Waals surface area contributed by atoms with E-state index >= 15 is 0 Å². The third kappa shape index (κ3) is 7.31. The van der Waals surface area contributed by atoms with Crippen LogP contribution in [0, 0.1) is 13.8 Å². The van der Waals surface area contributed by atoms with Gasteiger partial charge in [0.2, 0.25) is 0 Å². The molecular formula is C12H23N3S. The lowest BCUT2D eigenvalue weighted by Crippen LogP contribution is -1.89. The molecule has 3 nitrogen and oxygen atoms in total. The van der Waals surface area contributed by atoms with E-state index < -0.39 is 0 Å². The van der Waals surface area contributed by atoms with Crippen molar-refractivity contribution in [3.63, 3.8) is 0 Å². The third-order valence-electron chi connectivity index (χ3n) is 1.40. The largest absolute Gasteiger partial charge is 0.323 e. The molecule has 1 aromatic heterocycles. The molecule has 0 bridgehead atoms. The van der Waals surface area contributed by atoms with Crippen LogP contribution in [0.5, 0.6) is 0 Å². The molecular weight excluding hydrogens is 218 g/mol. The number of aryl methyl sites for hydroxylation is 2. The third-order valence-corrected chi connectivity index (χ3v) is 2.26. The van der Waals surface area contributed by atoms with Crippen LogP contribution in [0.2, 0.25) is 0 Å². The number of nitrogens with one attached hydrogen (secondary N) is 1. The molecule has 0 unspecified atom stereocenters. The zero-order valence-corrected chi connectivity index (χ0v) is 12.0. The van der Waals surface area contributed by atoms with E-state index in [1.807, 2.05) is 41.8 Å². The van der Waals surface area contributed by atoms with E-state index in [1.165, 1.54) is 22.6 Å². The van der Waals surface area contributed by atoms with Gasteiger partial charge >= 0.3 is 0 Å². The fourth-order valence-corrected chi connectivity index (χ4v) is 1.47. The minimum Gasteiger partial charge on any atom is -0.323 e. The number of hydrogen-bond acceptors (Lipinski definition) is 4. The second-order valence-corrected chi connectivity index (χ2v) is 3.68. The van der Waals surface area contributed by atoms with E-state index in [4.69, 9.17) is 0 Å². The molecule has 0 aliphatic carbocycles. The average Bonchev–Trinajstić information content (AvgIpc) is 2.60. The van der Waals surface area contributed by atoms with Gasteiger partial charge in [0.05, 0.1) is 5.69 Å². The van der Waals surface area contributed by atoms with Gasteiger partial charge in [-0.25, -0.2) is 0 Å². The predicted molar refractivity (Wildman–Crippen MR) is 75.7 cm³/mol. The maximum atomic E-state index is 4.19. The Morgan fingerprint density at radius 2 is 1.81 bits per heavy atom. The van der Waals surface area contributed by atoms with Crippen molar-refractivity contribution in [2.24, 2.45) is 4.99 Å². The van der Waals surface area contributed by atoms with Gasteiger partial charge in [-0.05, 0) is 39.5 Å². The highest BCUT2D eigenvalue weighted by Crippen LogP contribution is 2.14. The first-order chi connectivity index (χ1) is 7.67. The SMILES string of the molecule is C=CN=Cc1c(C)nsc1C.CC.CNC. The van der Waals surface area contributed by atoms with Gasteiger partial charge in [0, 0.05) is 22.9 Å². The van der Waals surface area contributed by atoms with Crippen molar-refractivity contribution in [1.82, 2.24) is 9.69 Å². The van der Waals surface area contributed by atoms with Gasteiger partial charge < -0.3 is 5.32 Å². The summed E-state index contributed by atoms with van der Waals surface area (Å²) in [4.78, 5) is 5.14. The number of hydrogen-bond donors (Lipinski definition) is 1. The van der Waals surface area contributed by atoms with Crippen molar-refractivity contribution >= 4 is 17.7 Å². The lowest BCUT2D eigenvalue weighted by molar-refractivity contribution is 1.02. The monoisotopic (exact) mass is 241 g/mol. The molecule has 0 saturated heterocycles. The molecule has 0 aliphatic rings. The molecule has 16 heavy (non-hydrogen) atoms. The molecule has 1 N–H and O–H groups in total. The Morgan fingerprint density at radius 1 is 1.31 bits per heavy atom. The molecule has 0 radical (unpaired) electrons. The molecule has 0 aromatic carbocycles. The molecule has 0 atom stereocenters. The zero-order valence-electron chi connectivity index (χ0n) is 11.2. The van der Waals surface area contributed by atoms with Gasteiger partial charge in [-0.3, -0.25) is 4.99 Å². The van der Waals surface area contributed by atoms with Gasteiger partial charge in [-0.2, -0.15) is 4.37 Å². The van der Waals surface area contributed by atoms with Crippen molar-refractivity contribution in [2.75, 3.05) is 14.1 Å². The second kappa shape index (κ2) is 12.1. The van der Waals surface area contributed by atoms with Crippen LogP contribution in [0.25, 0.3) is 0 Å². The average molecular weight is 241 g/mol. The normalized spacial score (nSPS) is 8.88. The Bertz CT molecular complexity index is 284. The molecule has 0 aliphatic heterocycles. The van der Waals surface area contributed by atoms with Gasteiger partial charge in [0.15, 0.2) is 0 Å². The van der Waals surface area contributed by atoms with Crippen LogP contribution in [0.3, 0.4) is 0 Å². The van der Waals surface area contributed by atoms with Gasteiger partial charge in [-0.1, -0.05) is 20.4 Å². The quantitative estimate of drug-likeness (QED) is 0.807. The highest BCUT2D eigenvalue weighted by Gasteiger charge is 2.01. The van der Waals surface area contributed by atoms with Crippen molar-refractivity contribution in [2.45, 2.75) is 27.7 Å². The molecule has 92 valence electrons. The van der Waals surface area contributed by atoms with Crippen molar-refractivity contribution < 1.29 is 0 Å². The van der Waals surface area contributed by atoms with Crippen LogP contribution >= 0.6 is 11.5 Å². The maximum Gasteiger partial charge on any atom is 0.0601 e. The summed E-state index contributed by atoms with van der Waals surface area (Å²) in [5.41, 5.74) is 2.16. The Kier molecular flexibility index (Phi) is 13.1. The predicted octanol–water partition coefficient (Wildman–Crippen LogP) is 3.18. The summed E-state index contributed by atoms with van der Waals surface area (Å²) in [7, 11) is 3.75. The van der Waals surface area contributed by atoms with Crippen molar-refractivity contribution in [1.29, 1.82) is 0 Å². The summed E-state index contributed by atoms with van der Waals surface area (Å²) < 4.78 is 4.19. The first-order valence-corrected chi connectivity index (χ1v) is 6.10. The standard InChI is InChI=1S/C8H10N2S.C2H7N.C2H6/c1-4-9-5-8-6(2)10-11-7(8)3;1-3-2;1-2/h4-5H,1H2,2-3H3;3H,1-2H3;1-2H3. The minimum absolute atomic E-state index is 1.04. The molecule has 0 saturated carbocycles. The van der Waals surface area contributed by atoms with Gasteiger partial charge in [0.25, 0.3) is 0 Å². The van der Waals surface area contributed by atoms with Crippen LogP contribution < -0.4 is 5.32 Å². The fourth-order valence-electron chi connectivity index (χ4n) is 0.802. The molecule has 0 amide bonds. The van der Waals surface area contributed by atoms with Gasteiger partial charge in [0.1, 0.15) is 0 Å². The zero-order chi connectivity index (χ0) is 13.0. The summed E-state index contributed by atoms with van der Waals surface area (Å²) in [6, 6.07) is 0.